The molecule has 2 heterocycles. The first-order chi connectivity index (χ1) is 16.4. The Bertz CT molecular complexity index is 938. The topological polar surface area (TPSA) is 96.7 Å². The number of cyclic esters (lactones) is 1. The lowest BCUT2D eigenvalue weighted by molar-refractivity contribution is -0.154. The number of carbonyl (C=O) groups is 2. The number of aryl methyl sites for hydroxylation is 1. The van der Waals surface area contributed by atoms with Crippen LogP contribution in [0, 0.1) is 24.2 Å². The average molecular weight is 510 g/mol. The van der Waals surface area contributed by atoms with Gasteiger partial charge in [0.1, 0.15) is 11.9 Å². The molecule has 2 N–H and O–H groups in total. The largest absolute Gasteiger partial charge is 0.457 e. The first-order valence-corrected chi connectivity index (χ1v) is 13.3. The summed E-state index contributed by atoms with van der Waals surface area (Å²) in [6, 6.07) is 0. The minimum absolute atomic E-state index is 0.150. The Morgan fingerprint density at radius 3 is 2.63 bits per heavy atom. The minimum Gasteiger partial charge on any atom is -0.457 e. The summed E-state index contributed by atoms with van der Waals surface area (Å²) in [6.45, 7) is 10.6. The van der Waals surface area contributed by atoms with Crippen molar-refractivity contribution in [3.8, 4) is 0 Å². The van der Waals surface area contributed by atoms with Crippen molar-refractivity contribution < 1.29 is 28.9 Å². The van der Waals surface area contributed by atoms with Crippen LogP contribution >= 0.6 is 11.3 Å². The molecule has 35 heavy (non-hydrogen) atoms. The third-order valence-corrected chi connectivity index (χ3v) is 7.81. The highest BCUT2D eigenvalue weighted by Gasteiger charge is 2.43. The molecule has 0 unspecified atom stereocenters. The lowest BCUT2D eigenvalue weighted by Crippen LogP contribution is -2.46. The standard InChI is InChI=1S/C27H40FNO5S/c1-7-21-25(32)16(2)9-8-10-19(28)11-12-22(17(3)13-20-15-35-18(4)29-20)34-24(31)14-23(30)27(5,6)26(21)33/h11,13,15-16,21-23,25,30,32H,7-10,12,14H2,1-6H3/b17-13+,19-11+/t16-,21+,22-,23-,25-/m0/s1. The van der Waals surface area contributed by atoms with Crippen molar-refractivity contribution in [2.75, 3.05) is 0 Å². The van der Waals surface area contributed by atoms with E-state index in [0.29, 0.717) is 24.8 Å². The molecule has 0 spiro atoms. The SMILES string of the molecule is CC[C@H]1C(=O)C(C)(C)[C@@H](O)CC(=O)O[C@H](/C(C)=C/c2csc(C)n2)C/C=C(/F)CCC[C@H](C)[C@@H]1O. The van der Waals surface area contributed by atoms with E-state index in [1.165, 1.54) is 17.4 Å². The molecule has 0 aromatic carbocycles. The minimum atomic E-state index is -1.29. The van der Waals surface area contributed by atoms with Crippen molar-refractivity contribution in [3.05, 3.63) is 33.6 Å². The number of aliphatic hydroxyl groups excluding tert-OH is 2. The molecule has 196 valence electrons. The van der Waals surface area contributed by atoms with Gasteiger partial charge in [0.05, 0.1) is 40.6 Å². The molecule has 0 amide bonds. The molecule has 2 rings (SSSR count). The molecule has 0 bridgehead atoms. The van der Waals surface area contributed by atoms with Gasteiger partial charge in [0.15, 0.2) is 0 Å². The molecule has 6 nitrogen and oxygen atoms in total. The van der Waals surface area contributed by atoms with E-state index in [2.05, 4.69) is 4.98 Å². The molecule has 1 aliphatic heterocycles. The van der Waals surface area contributed by atoms with Gasteiger partial charge in [-0.25, -0.2) is 9.37 Å². The van der Waals surface area contributed by atoms with Crippen LogP contribution in [0.5, 0.6) is 0 Å². The summed E-state index contributed by atoms with van der Waals surface area (Å²) in [7, 11) is 0. The summed E-state index contributed by atoms with van der Waals surface area (Å²) < 4.78 is 20.3. The van der Waals surface area contributed by atoms with Crippen molar-refractivity contribution in [1.82, 2.24) is 4.98 Å². The molecule has 8 heteroatoms. The number of esters is 1. The molecule has 0 saturated carbocycles. The second-order valence-electron chi connectivity index (χ2n) is 10.2. The molecule has 1 aromatic rings. The summed E-state index contributed by atoms with van der Waals surface area (Å²) in [5, 5.41) is 24.5. The number of hydrogen-bond donors (Lipinski definition) is 2. The lowest BCUT2D eigenvalue weighted by Gasteiger charge is -2.35. The van der Waals surface area contributed by atoms with Gasteiger partial charge in [-0.05, 0) is 63.2 Å². The number of ether oxygens (including phenoxy) is 1. The van der Waals surface area contributed by atoms with Gasteiger partial charge in [-0.2, -0.15) is 0 Å². The van der Waals surface area contributed by atoms with Gasteiger partial charge < -0.3 is 14.9 Å². The lowest BCUT2D eigenvalue weighted by atomic mass is 9.71. The first kappa shape index (κ1) is 29.3. The fourth-order valence-corrected chi connectivity index (χ4v) is 5.01. The quantitative estimate of drug-likeness (QED) is 0.518. The van der Waals surface area contributed by atoms with Crippen molar-refractivity contribution in [2.24, 2.45) is 17.3 Å². The second-order valence-corrected chi connectivity index (χ2v) is 11.3. The Hall–Kier alpha value is -1.90. The zero-order valence-electron chi connectivity index (χ0n) is 21.7. The third kappa shape index (κ3) is 8.05. The van der Waals surface area contributed by atoms with Gasteiger partial charge in [0.2, 0.25) is 0 Å². The van der Waals surface area contributed by atoms with E-state index in [-0.39, 0.29) is 36.8 Å². The molecule has 0 fully saturated rings. The van der Waals surface area contributed by atoms with Crippen molar-refractivity contribution in [3.63, 3.8) is 0 Å². The van der Waals surface area contributed by atoms with Gasteiger partial charge in [-0.15, -0.1) is 11.3 Å². The highest BCUT2D eigenvalue weighted by atomic mass is 32.1. The van der Waals surface area contributed by atoms with E-state index in [0.717, 1.165) is 10.7 Å². The van der Waals surface area contributed by atoms with E-state index in [9.17, 15) is 24.2 Å². The molecular formula is C27H40FNO5S. The van der Waals surface area contributed by atoms with Gasteiger partial charge in [-0.3, -0.25) is 9.59 Å². The molecule has 0 aliphatic carbocycles. The number of carbonyl (C=O) groups excluding carboxylic acids is 2. The number of allylic oxidation sites excluding steroid dienone is 1. The van der Waals surface area contributed by atoms with E-state index < -0.39 is 35.6 Å². The van der Waals surface area contributed by atoms with E-state index in [1.807, 2.05) is 32.2 Å². The van der Waals surface area contributed by atoms with Crippen LogP contribution in [0.2, 0.25) is 0 Å². The maximum Gasteiger partial charge on any atom is 0.309 e. The Morgan fingerprint density at radius 2 is 2.03 bits per heavy atom. The molecular weight excluding hydrogens is 469 g/mol. The summed E-state index contributed by atoms with van der Waals surface area (Å²) in [5.41, 5.74) is 0.200. The van der Waals surface area contributed by atoms with Gasteiger partial charge in [-0.1, -0.05) is 27.7 Å². The summed E-state index contributed by atoms with van der Waals surface area (Å²) >= 11 is 1.50. The number of aromatic nitrogens is 1. The van der Waals surface area contributed by atoms with Crippen molar-refractivity contribution in [2.45, 2.75) is 98.4 Å². The van der Waals surface area contributed by atoms with Crippen LogP contribution < -0.4 is 0 Å². The van der Waals surface area contributed by atoms with Crippen LogP contribution in [0.1, 0.15) is 83.8 Å². The monoisotopic (exact) mass is 509 g/mol. The van der Waals surface area contributed by atoms with E-state index in [4.69, 9.17) is 4.74 Å². The van der Waals surface area contributed by atoms with Crippen LogP contribution in [0.3, 0.4) is 0 Å². The highest BCUT2D eigenvalue weighted by Crippen LogP contribution is 2.34. The predicted molar refractivity (Wildman–Crippen MR) is 136 cm³/mol. The van der Waals surface area contributed by atoms with E-state index >= 15 is 0 Å². The van der Waals surface area contributed by atoms with Crippen LogP contribution in [0.25, 0.3) is 6.08 Å². The second kappa shape index (κ2) is 12.9. The summed E-state index contributed by atoms with van der Waals surface area (Å²) in [4.78, 5) is 30.5. The van der Waals surface area contributed by atoms with Crippen LogP contribution in [-0.2, 0) is 14.3 Å². The average Bonchev–Trinajstić information content (AvgIpc) is 3.20. The molecule has 0 radical (unpaired) electrons. The molecule has 1 aliphatic rings. The zero-order chi connectivity index (χ0) is 26.3. The van der Waals surface area contributed by atoms with Crippen molar-refractivity contribution in [1.29, 1.82) is 0 Å². The summed E-state index contributed by atoms with van der Waals surface area (Å²) in [6.07, 6.45) is 1.80. The molecule has 0 saturated heterocycles. The van der Waals surface area contributed by atoms with Crippen LogP contribution in [-0.4, -0.2) is 45.3 Å². The van der Waals surface area contributed by atoms with Gasteiger partial charge in [0.25, 0.3) is 0 Å². The van der Waals surface area contributed by atoms with E-state index in [1.54, 1.807) is 20.8 Å². The number of aliphatic hydroxyl groups is 2. The molecule has 1 aromatic heterocycles. The smallest absolute Gasteiger partial charge is 0.309 e. The number of halogens is 1. The fraction of sp³-hybridized carbons (Fsp3) is 0.667. The normalized spacial score (nSPS) is 31.5. The van der Waals surface area contributed by atoms with Crippen molar-refractivity contribution >= 4 is 29.2 Å². The summed E-state index contributed by atoms with van der Waals surface area (Å²) in [5.74, 6) is -2.15. The first-order valence-electron chi connectivity index (χ1n) is 12.4. The van der Waals surface area contributed by atoms with Gasteiger partial charge in [0, 0.05) is 17.7 Å². The van der Waals surface area contributed by atoms with Gasteiger partial charge >= 0.3 is 5.97 Å². The van der Waals surface area contributed by atoms with Crippen LogP contribution in [0.15, 0.2) is 22.9 Å². The number of hydrogen-bond acceptors (Lipinski definition) is 7. The third-order valence-electron chi connectivity index (χ3n) is 7.02. The zero-order valence-corrected chi connectivity index (χ0v) is 22.5. The Balaban J connectivity index is 2.35. The Morgan fingerprint density at radius 1 is 1.34 bits per heavy atom. The number of nitrogens with zero attached hydrogens (tertiary/aromatic N) is 1. The highest BCUT2D eigenvalue weighted by molar-refractivity contribution is 7.09. The number of thiazole rings is 1. The Kier molecular flexibility index (Phi) is 10.8. The number of ketones is 1. The van der Waals surface area contributed by atoms with Crippen LogP contribution in [0.4, 0.5) is 4.39 Å². The maximum absolute atomic E-state index is 14.6. The molecule has 5 atom stereocenters. The Labute approximate surface area is 212 Å². The fourth-order valence-electron chi connectivity index (χ4n) is 4.44. The number of rotatable bonds is 3. The number of Topliss-reactive ketones (excluding diaryl/α,β-unsaturated/α-hetero) is 1. The maximum atomic E-state index is 14.6. The predicted octanol–water partition coefficient (Wildman–Crippen LogP) is 5.56.